The summed E-state index contributed by atoms with van der Waals surface area (Å²) in [6, 6.07) is 5.05. The fraction of sp³-hybridized carbons (Fsp3) is 0.500. The monoisotopic (exact) mass is 316 g/mol. The Morgan fingerprint density at radius 2 is 2.00 bits per heavy atom. The van der Waals surface area contributed by atoms with E-state index in [0.29, 0.717) is 16.8 Å². The maximum atomic E-state index is 13.4. The van der Waals surface area contributed by atoms with E-state index in [1.807, 2.05) is 13.8 Å². The molecule has 21 heavy (non-hydrogen) atoms. The van der Waals surface area contributed by atoms with Gasteiger partial charge in [-0.15, -0.1) is 0 Å². The molecule has 0 atom stereocenters. The van der Waals surface area contributed by atoms with Crippen molar-refractivity contribution < 1.29 is 17.9 Å². The lowest BCUT2D eigenvalue weighted by Crippen LogP contribution is -2.34. The van der Waals surface area contributed by atoms with Crippen molar-refractivity contribution in [1.82, 2.24) is 9.55 Å². The molecule has 0 saturated heterocycles. The highest BCUT2D eigenvalue weighted by molar-refractivity contribution is 7.71. The molecular weight excluding hydrogens is 301 g/mol. The van der Waals surface area contributed by atoms with Crippen molar-refractivity contribution in [3.8, 4) is 5.75 Å². The average molecular weight is 316 g/mol. The molecule has 1 aliphatic rings. The number of rotatable bonds is 3. The number of aromatic amines is 1. The predicted molar refractivity (Wildman–Crippen MR) is 76.1 cm³/mol. The Kier molecular flexibility index (Phi) is 3.09. The normalized spacial score (nSPS) is 17.4. The Balaban J connectivity index is 2.22. The topological polar surface area (TPSA) is 29.9 Å². The van der Waals surface area contributed by atoms with Crippen LogP contribution in [0.15, 0.2) is 18.2 Å². The number of nitrogens with zero attached hydrogens (tertiary/aromatic N) is 1. The smallest absolute Gasteiger partial charge is 0.412 e. The van der Waals surface area contributed by atoms with Crippen molar-refractivity contribution in [3.63, 3.8) is 0 Å². The van der Waals surface area contributed by atoms with Gasteiger partial charge in [0.2, 0.25) is 0 Å². The summed E-state index contributed by atoms with van der Waals surface area (Å²) in [4.78, 5) is 2.87. The van der Waals surface area contributed by atoms with Crippen molar-refractivity contribution in [2.24, 2.45) is 0 Å². The Labute approximate surface area is 124 Å². The second-order valence-corrected chi connectivity index (χ2v) is 6.00. The first-order valence-corrected chi connectivity index (χ1v) is 7.15. The summed E-state index contributed by atoms with van der Waals surface area (Å²) in [6.45, 7) is 3.73. The van der Waals surface area contributed by atoms with Crippen molar-refractivity contribution in [3.05, 3.63) is 23.0 Å². The van der Waals surface area contributed by atoms with Gasteiger partial charge >= 0.3 is 6.18 Å². The van der Waals surface area contributed by atoms with E-state index in [-0.39, 0.29) is 23.7 Å². The third kappa shape index (κ3) is 2.14. The van der Waals surface area contributed by atoms with E-state index in [2.05, 4.69) is 4.98 Å². The highest BCUT2D eigenvalue weighted by Gasteiger charge is 2.65. The van der Waals surface area contributed by atoms with Crippen LogP contribution in [0, 0.1) is 4.77 Å². The van der Waals surface area contributed by atoms with Gasteiger partial charge in [-0.3, -0.25) is 0 Å². The number of aromatic nitrogens is 2. The van der Waals surface area contributed by atoms with Gasteiger partial charge in [0.15, 0.2) is 4.77 Å². The molecule has 114 valence electrons. The Morgan fingerprint density at radius 3 is 2.52 bits per heavy atom. The number of alkyl halides is 3. The summed E-state index contributed by atoms with van der Waals surface area (Å²) in [5, 5.41) is 0. The number of ether oxygens (including phenoxy) is 1. The van der Waals surface area contributed by atoms with Crippen LogP contribution in [0.3, 0.4) is 0 Å². The molecular formula is C14H15F3N2OS. The van der Waals surface area contributed by atoms with Crippen molar-refractivity contribution in [1.29, 1.82) is 0 Å². The molecule has 1 aliphatic carbocycles. The number of hydrogen-bond acceptors (Lipinski definition) is 2. The molecule has 0 bridgehead atoms. The molecule has 1 aromatic heterocycles. The van der Waals surface area contributed by atoms with Gasteiger partial charge in [0.1, 0.15) is 16.8 Å². The summed E-state index contributed by atoms with van der Waals surface area (Å²) < 4.78 is 47.0. The number of imidazole rings is 1. The molecule has 3 nitrogen and oxygen atoms in total. The van der Waals surface area contributed by atoms with E-state index in [0.717, 1.165) is 0 Å². The zero-order chi connectivity index (χ0) is 15.4. The highest BCUT2D eigenvalue weighted by Crippen LogP contribution is 2.56. The predicted octanol–water partition coefficient (Wildman–Crippen LogP) is 4.54. The first-order valence-electron chi connectivity index (χ1n) is 6.74. The largest absolute Gasteiger partial charge is 0.489 e. The van der Waals surface area contributed by atoms with Gasteiger partial charge in [0.25, 0.3) is 0 Å². The van der Waals surface area contributed by atoms with E-state index in [9.17, 15) is 13.2 Å². The minimum Gasteiger partial charge on any atom is -0.489 e. The quantitative estimate of drug-likeness (QED) is 0.843. The van der Waals surface area contributed by atoms with E-state index >= 15 is 0 Å². The van der Waals surface area contributed by atoms with E-state index in [1.165, 1.54) is 4.57 Å². The molecule has 0 spiro atoms. The number of para-hydroxylation sites is 1. The molecule has 2 aromatic rings. The zero-order valence-corrected chi connectivity index (χ0v) is 12.4. The van der Waals surface area contributed by atoms with Crippen LogP contribution in [0.2, 0.25) is 0 Å². The molecule has 1 aromatic carbocycles. The fourth-order valence-corrected chi connectivity index (χ4v) is 3.01. The van der Waals surface area contributed by atoms with Gasteiger partial charge in [-0.05, 0) is 51.0 Å². The van der Waals surface area contributed by atoms with Gasteiger partial charge < -0.3 is 14.3 Å². The van der Waals surface area contributed by atoms with Gasteiger partial charge in [-0.1, -0.05) is 6.07 Å². The first-order chi connectivity index (χ1) is 9.76. The SMILES string of the molecule is CC(C)Oc1cccc2c1[nH]c(=S)n2C1(C(F)(F)F)CC1. The molecule has 0 aliphatic heterocycles. The third-order valence-corrected chi connectivity index (χ3v) is 4.01. The number of halogens is 3. The third-order valence-electron chi connectivity index (χ3n) is 3.72. The van der Waals surface area contributed by atoms with Crippen LogP contribution in [0.5, 0.6) is 5.75 Å². The van der Waals surface area contributed by atoms with Crippen LogP contribution < -0.4 is 4.74 Å². The van der Waals surface area contributed by atoms with Crippen LogP contribution >= 0.6 is 12.2 Å². The minimum atomic E-state index is -4.31. The summed E-state index contributed by atoms with van der Waals surface area (Å²) in [5.41, 5.74) is -0.904. The lowest BCUT2D eigenvalue weighted by Gasteiger charge is -2.21. The highest BCUT2D eigenvalue weighted by atomic mass is 32.1. The standard InChI is InChI=1S/C14H15F3N2OS/c1-8(2)20-10-5-3-4-9-11(10)18-12(21)19(9)13(6-7-13)14(15,16)17/h3-5,8H,6-7H2,1-2H3,(H,18,21). The first kappa shape index (κ1) is 14.4. The van der Waals surface area contributed by atoms with Crippen molar-refractivity contribution >= 4 is 23.3 Å². The lowest BCUT2D eigenvalue weighted by atomic mass is 10.2. The van der Waals surface area contributed by atoms with Crippen molar-refractivity contribution in [2.45, 2.75) is 44.5 Å². The van der Waals surface area contributed by atoms with Crippen LogP contribution in [-0.4, -0.2) is 21.8 Å². The van der Waals surface area contributed by atoms with E-state index < -0.39 is 11.7 Å². The molecule has 1 saturated carbocycles. The second-order valence-electron chi connectivity index (χ2n) is 5.61. The van der Waals surface area contributed by atoms with E-state index in [1.54, 1.807) is 18.2 Å². The second kappa shape index (κ2) is 4.50. The zero-order valence-electron chi connectivity index (χ0n) is 11.6. The van der Waals surface area contributed by atoms with Gasteiger partial charge in [0, 0.05) is 0 Å². The Bertz CT molecular complexity index is 741. The molecule has 7 heteroatoms. The van der Waals surface area contributed by atoms with Crippen LogP contribution in [0.4, 0.5) is 13.2 Å². The number of nitrogens with one attached hydrogen (secondary N) is 1. The molecule has 1 heterocycles. The Hall–Kier alpha value is -1.50. The van der Waals surface area contributed by atoms with Gasteiger partial charge in [-0.2, -0.15) is 13.2 Å². The molecule has 1 fully saturated rings. The maximum Gasteiger partial charge on any atom is 0.412 e. The number of H-pyrrole nitrogens is 1. The average Bonchev–Trinajstić information content (AvgIpc) is 3.07. The molecule has 0 radical (unpaired) electrons. The Morgan fingerprint density at radius 1 is 1.33 bits per heavy atom. The summed E-state index contributed by atoms with van der Waals surface area (Å²) in [5.74, 6) is 0.519. The molecule has 0 amide bonds. The molecule has 1 N–H and O–H groups in total. The molecule has 0 unspecified atom stereocenters. The molecule has 3 rings (SSSR count). The van der Waals surface area contributed by atoms with Crippen LogP contribution in [-0.2, 0) is 5.54 Å². The number of hydrogen-bond donors (Lipinski definition) is 1. The number of benzene rings is 1. The lowest BCUT2D eigenvalue weighted by molar-refractivity contribution is -0.179. The van der Waals surface area contributed by atoms with Gasteiger partial charge in [0.05, 0.1) is 11.6 Å². The van der Waals surface area contributed by atoms with Crippen LogP contribution in [0.25, 0.3) is 11.0 Å². The van der Waals surface area contributed by atoms with Crippen molar-refractivity contribution in [2.75, 3.05) is 0 Å². The minimum absolute atomic E-state index is 0.0625. The maximum absolute atomic E-state index is 13.4. The van der Waals surface area contributed by atoms with E-state index in [4.69, 9.17) is 17.0 Å². The fourth-order valence-electron chi connectivity index (χ4n) is 2.63. The number of fused-ring (bicyclic) bond motifs is 1. The summed E-state index contributed by atoms with van der Waals surface area (Å²) >= 11 is 5.14. The van der Waals surface area contributed by atoms with Gasteiger partial charge in [-0.25, -0.2) is 0 Å². The summed E-state index contributed by atoms with van der Waals surface area (Å²) in [6.07, 6.45) is -4.26. The van der Waals surface area contributed by atoms with Crippen LogP contribution in [0.1, 0.15) is 26.7 Å². The summed E-state index contributed by atoms with van der Waals surface area (Å²) in [7, 11) is 0.